The third-order valence-corrected chi connectivity index (χ3v) is 7.92. The summed E-state index contributed by atoms with van der Waals surface area (Å²) in [5.74, 6) is 0.475. The molecule has 3 aliphatic rings. The van der Waals surface area contributed by atoms with Gasteiger partial charge in [-0.3, -0.25) is 4.79 Å². The summed E-state index contributed by atoms with van der Waals surface area (Å²) < 4.78 is 24.0. The molecule has 2 heterocycles. The molecule has 4 rings (SSSR count). The van der Waals surface area contributed by atoms with E-state index >= 15 is 0 Å². The van der Waals surface area contributed by atoms with Gasteiger partial charge >= 0.3 is 0 Å². The van der Waals surface area contributed by atoms with E-state index in [0.29, 0.717) is 13.0 Å². The second kappa shape index (κ2) is 7.22. The van der Waals surface area contributed by atoms with E-state index in [1.54, 1.807) is 0 Å². The van der Waals surface area contributed by atoms with Crippen LogP contribution in [-0.4, -0.2) is 55.9 Å². The quantitative estimate of drug-likeness (QED) is 0.810. The van der Waals surface area contributed by atoms with Crippen molar-refractivity contribution in [2.45, 2.75) is 57.0 Å². The summed E-state index contributed by atoms with van der Waals surface area (Å²) in [5.41, 5.74) is 2.46. The number of sulfone groups is 1. The van der Waals surface area contributed by atoms with Crippen molar-refractivity contribution in [1.82, 2.24) is 4.90 Å². The van der Waals surface area contributed by atoms with Crippen molar-refractivity contribution < 1.29 is 13.2 Å². The zero-order valence-corrected chi connectivity index (χ0v) is 16.1. The smallest absolute Gasteiger partial charge is 0.242 e. The third kappa shape index (κ3) is 3.61. The number of amides is 1. The summed E-state index contributed by atoms with van der Waals surface area (Å²) in [6.07, 6.45) is 7.10. The Balaban J connectivity index is 1.52. The zero-order chi connectivity index (χ0) is 18.1. The molecule has 6 heteroatoms. The summed E-state index contributed by atoms with van der Waals surface area (Å²) in [5, 5.41) is 0. The molecule has 2 aliphatic heterocycles. The minimum atomic E-state index is -3.00. The molecule has 1 saturated heterocycles. The number of nitrogens with zero attached hydrogens (tertiary/aromatic N) is 2. The summed E-state index contributed by atoms with van der Waals surface area (Å²) in [6, 6.07) is 8.36. The Morgan fingerprint density at radius 3 is 2.58 bits per heavy atom. The number of anilines is 1. The van der Waals surface area contributed by atoms with Crippen LogP contribution >= 0.6 is 0 Å². The van der Waals surface area contributed by atoms with Crippen LogP contribution in [0.4, 0.5) is 5.69 Å². The standard InChI is InChI=1S/C20H28N2O3S/c23-20(14-21-12-10-16-6-4-5-9-19(16)21)22(17-7-2-1-3-8-17)18-11-13-26(24,25)15-18/h4-6,9,17-18H,1-3,7-8,10-15H2/t18-/m0/s1. The van der Waals surface area contributed by atoms with Gasteiger partial charge in [-0.05, 0) is 37.3 Å². The molecule has 1 saturated carbocycles. The molecule has 2 fully saturated rings. The Morgan fingerprint density at radius 2 is 1.85 bits per heavy atom. The summed E-state index contributed by atoms with van der Waals surface area (Å²) in [6.45, 7) is 1.23. The first-order chi connectivity index (χ1) is 12.5. The van der Waals surface area contributed by atoms with Gasteiger partial charge in [-0.25, -0.2) is 8.42 Å². The monoisotopic (exact) mass is 376 g/mol. The molecule has 1 aliphatic carbocycles. The fourth-order valence-corrected chi connectivity index (χ4v) is 6.59. The number of carbonyl (C=O) groups is 1. The Labute approximate surface area is 156 Å². The number of para-hydroxylation sites is 1. The lowest BCUT2D eigenvalue weighted by Crippen LogP contribution is -2.52. The number of hydrogen-bond donors (Lipinski definition) is 0. The highest BCUT2D eigenvalue weighted by Gasteiger charge is 2.39. The summed E-state index contributed by atoms with van der Waals surface area (Å²) in [4.78, 5) is 17.4. The fourth-order valence-electron chi connectivity index (χ4n) is 4.88. The Hall–Kier alpha value is -1.56. The first-order valence-corrected chi connectivity index (χ1v) is 11.7. The van der Waals surface area contributed by atoms with Crippen LogP contribution in [0.25, 0.3) is 0 Å². The number of carbonyl (C=O) groups excluding carboxylic acids is 1. The largest absolute Gasteiger partial charge is 0.362 e. The number of fused-ring (bicyclic) bond motifs is 1. The summed E-state index contributed by atoms with van der Waals surface area (Å²) >= 11 is 0. The minimum Gasteiger partial charge on any atom is -0.362 e. The maximum Gasteiger partial charge on any atom is 0.242 e. The van der Waals surface area contributed by atoms with E-state index in [1.807, 2.05) is 17.0 Å². The fraction of sp³-hybridized carbons (Fsp3) is 0.650. The number of benzene rings is 1. The molecule has 1 amide bonds. The van der Waals surface area contributed by atoms with Crippen LogP contribution in [0.15, 0.2) is 24.3 Å². The van der Waals surface area contributed by atoms with Crippen molar-refractivity contribution >= 4 is 21.4 Å². The normalized spacial score (nSPS) is 25.2. The Morgan fingerprint density at radius 1 is 1.08 bits per heavy atom. The SMILES string of the molecule is O=C(CN1CCc2ccccc21)N(C1CCCCC1)[C@H]1CCS(=O)(=O)C1. The van der Waals surface area contributed by atoms with Crippen molar-refractivity contribution in [2.24, 2.45) is 0 Å². The van der Waals surface area contributed by atoms with Crippen molar-refractivity contribution in [1.29, 1.82) is 0 Å². The molecular formula is C20H28N2O3S. The maximum atomic E-state index is 13.3. The van der Waals surface area contributed by atoms with E-state index in [-0.39, 0.29) is 29.5 Å². The van der Waals surface area contributed by atoms with Crippen LogP contribution < -0.4 is 4.90 Å². The van der Waals surface area contributed by atoms with Crippen molar-refractivity contribution in [3.63, 3.8) is 0 Å². The molecule has 1 aromatic rings. The molecular weight excluding hydrogens is 348 g/mol. The van der Waals surface area contributed by atoms with Gasteiger partial charge in [0.15, 0.2) is 9.84 Å². The first-order valence-electron chi connectivity index (χ1n) is 9.88. The van der Waals surface area contributed by atoms with E-state index < -0.39 is 9.84 Å². The summed E-state index contributed by atoms with van der Waals surface area (Å²) in [7, 11) is -3.00. The van der Waals surface area contributed by atoms with Gasteiger partial charge < -0.3 is 9.80 Å². The molecule has 0 unspecified atom stereocenters. The third-order valence-electron chi connectivity index (χ3n) is 6.17. The molecule has 0 bridgehead atoms. The van der Waals surface area contributed by atoms with Gasteiger partial charge in [-0.1, -0.05) is 37.5 Å². The van der Waals surface area contributed by atoms with Crippen molar-refractivity contribution in [2.75, 3.05) is 29.5 Å². The van der Waals surface area contributed by atoms with Gasteiger partial charge in [0.1, 0.15) is 0 Å². The second-order valence-electron chi connectivity index (χ2n) is 7.95. The minimum absolute atomic E-state index is 0.107. The lowest BCUT2D eigenvalue weighted by atomic mass is 9.92. The zero-order valence-electron chi connectivity index (χ0n) is 15.3. The van der Waals surface area contributed by atoms with Crippen LogP contribution in [0.2, 0.25) is 0 Å². The highest BCUT2D eigenvalue weighted by Crippen LogP contribution is 2.31. The van der Waals surface area contributed by atoms with Crippen molar-refractivity contribution in [3.05, 3.63) is 29.8 Å². The lowest BCUT2D eigenvalue weighted by molar-refractivity contribution is -0.135. The van der Waals surface area contributed by atoms with Gasteiger partial charge in [-0.2, -0.15) is 0 Å². The van der Waals surface area contributed by atoms with Gasteiger partial charge in [0.25, 0.3) is 0 Å². The van der Waals surface area contributed by atoms with Gasteiger partial charge in [0, 0.05) is 24.3 Å². The number of hydrogen-bond acceptors (Lipinski definition) is 4. The van der Waals surface area contributed by atoms with Gasteiger partial charge in [0.2, 0.25) is 5.91 Å². The van der Waals surface area contributed by atoms with Crippen LogP contribution in [-0.2, 0) is 21.1 Å². The first kappa shape index (κ1) is 17.8. The topological polar surface area (TPSA) is 57.7 Å². The molecule has 142 valence electrons. The van der Waals surface area contributed by atoms with E-state index in [1.165, 1.54) is 12.0 Å². The van der Waals surface area contributed by atoms with Gasteiger partial charge in [-0.15, -0.1) is 0 Å². The Kier molecular flexibility index (Phi) is 4.95. The molecule has 0 N–H and O–H groups in total. The molecule has 5 nitrogen and oxygen atoms in total. The van der Waals surface area contributed by atoms with E-state index in [2.05, 4.69) is 17.0 Å². The van der Waals surface area contributed by atoms with Crippen LogP contribution in [0.3, 0.4) is 0 Å². The van der Waals surface area contributed by atoms with E-state index in [0.717, 1.165) is 44.3 Å². The average molecular weight is 377 g/mol. The molecule has 0 spiro atoms. The highest BCUT2D eigenvalue weighted by atomic mass is 32.2. The molecule has 1 atom stereocenters. The second-order valence-corrected chi connectivity index (χ2v) is 10.2. The average Bonchev–Trinajstić information content (AvgIpc) is 3.20. The predicted octanol–water partition coefficient (Wildman–Crippen LogP) is 2.40. The number of rotatable bonds is 4. The van der Waals surface area contributed by atoms with Gasteiger partial charge in [0.05, 0.1) is 18.1 Å². The molecule has 0 aromatic heterocycles. The Bertz CT molecular complexity index is 771. The van der Waals surface area contributed by atoms with Crippen LogP contribution in [0.1, 0.15) is 44.1 Å². The predicted molar refractivity (Wildman–Crippen MR) is 103 cm³/mol. The molecule has 0 radical (unpaired) electrons. The van der Waals surface area contributed by atoms with E-state index in [9.17, 15) is 13.2 Å². The van der Waals surface area contributed by atoms with Crippen LogP contribution in [0.5, 0.6) is 0 Å². The molecule has 1 aromatic carbocycles. The van der Waals surface area contributed by atoms with E-state index in [4.69, 9.17) is 0 Å². The van der Waals surface area contributed by atoms with Crippen LogP contribution in [0, 0.1) is 0 Å². The lowest BCUT2D eigenvalue weighted by Gasteiger charge is -2.39. The molecule has 26 heavy (non-hydrogen) atoms. The maximum absolute atomic E-state index is 13.3. The highest BCUT2D eigenvalue weighted by molar-refractivity contribution is 7.91. The van der Waals surface area contributed by atoms with Crippen molar-refractivity contribution in [3.8, 4) is 0 Å².